The number of oxime groups is 1. The van der Waals surface area contributed by atoms with E-state index in [0.29, 0.717) is 19.2 Å². The minimum Gasteiger partial charge on any atom is -0.409 e. The molecule has 0 radical (unpaired) electrons. The zero-order valence-corrected chi connectivity index (χ0v) is 8.81. The van der Waals surface area contributed by atoms with E-state index in [0.717, 1.165) is 13.0 Å². The van der Waals surface area contributed by atoms with Crippen LogP contribution in [0.4, 0.5) is 0 Å². The Morgan fingerprint density at radius 3 is 3.07 bits per heavy atom. The van der Waals surface area contributed by atoms with Crippen molar-refractivity contribution in [1.82, 2.24) is 4.90 Å². The van der Waals surface area contributed by atoms with E-state index in [9.17, 15) is 0 Å². The average Bonchev–Trinajstić information content (AvgIpc) is 2.27. The second kappa shape index (κ2) is 5.17. The van der Waals surface area contributed by atoms with E-state index in [-0.39, 0.29) is 11.9 Å². The molecule has 1 fully saturated rings. The van der Waals surface area contributed by atoms with E-state index in [1.54, 1.807) is 0 Å². The maximum atomic E-state index is 8.53. The van der Waals surface area contributed by atoms with Crippen LogP contribution in [0.2, 0.25) is 0 Å². The summed E-state index contributed by atoms with van der Waals surface area (Å²) >= 11 is 0. The first-order valence-corrected chi connectivity index (χ1v) is 5.02. The monoisotopic (exact) mass is 201 g/mol. The molecule has 1 rings (SSSR count). The Hall–Kier alpha value is -0.810. The van der Waals surface area contributed by atoms with Crippen LogP contribution >= 0.6 is 0 Å². The van der Waals surface area contributed by atoms with Gasteiger partial charge < -0.3 is 15.7 Å². The molecule has 0 amide bonds. The summed E-state index contributed by atoms with van der Waals surface area (Å²) in [5, 5.41) is 11.5. The van der Waals surface area contributed by atoms with E-state index in [4.69, 9.17) is 15.7 Å². The van der Waals surface area contributed by atoms with Crippen LogP contribution in [0, 0.1) is 0 Å². The molecule has 82 valence electrons. The summed E-state index contributed by atoms with van der Waals surface area (Å²) < 4.78 is 5.40. The molecule has 1 aliphatic rings. The summed E-state index contributed by atoms with van der Waals surface area (Å²) in [7, 11) is 0. The SMILES string of the molecule is CCC(C)N1CCOC(C(N)=NO)C1. The van der Waals surface area contributed by atoms with Crippen LogP contribution in [-0.2, 0) is 4.74 Å². The quantitative estimate of drug-likeness (QED) is 0.297. The van der Waals surface area contributed by atoms with Crippen molar-refractivity contribution in [2.24, 2.45) is 10.9 Å². The molecule has 0 saturated carbocycles. The van der Waals surface area contributed by atoms with Crippen molar-refractivity contribution in [3.05, 3.63) is 0 Å². The van der Waals surface area contributed by atoms with Crippen molar-refractivity contribution < 1.29 is 9.94 Å². The first-order chi connectivity index (χ1) is 6.69. The van der Waals surface area contributed by atoms with Gasteiger partial charge in [-0.05, 0) is 13.3 Å². The van der Waals surface area contributed by atoms with Gasteiger partial charge in [-0.1, -0.05) is 12.1 Å². The van der Waals surface area contributed by atoms with Gasteiger partial charge in [-0.25, -0.2) is 0 Å². The number of morpholine rings is 1. The second-order valence-corrected chi connectivity index (χ2v) is 3.64. The third-order valence-electron chi connectivity index (χ3n) is 2.76. The Balaban J connectivity index is 2.51. The summed E-state index contributed by atoms with van der Waals surface area (Å²) in [5.41, 5.74) is 5.50. The molecule has 1 aliphatic heterocycles. The predicted octanol–water partition coefficient (Wildman–Crippen LogP) is 0.232. The number of amidine groups is 1. The van der Waals surface area contributed by atoms with Gasteiger partial charge in [0.2, 0.25) is 0 Å². The van der Waals surface area contributed by atoms with E-state index in [1.807, 2.05) is 0 Å². The lowest BCUT2D eigenvalue weighted by Crippen LogP contribution is -2.51. The fourth-order valence-electron chi connectivity index (χ4n) is 1.57. The highest BCUT2D eigenvalue weighted by molar-refractivity contribution is 5.84. The molecule has 0 aliphatic carbocycles. The van der Waals surface area contributed by atoms with Gasteiger partial charge >= 0.3 is 0 Å². The summed E-state index contributed by atoms with van der Waals surface area (Å²) in [6.45, 7) is 6.60. The molecule has 2 unspecified atom stereocenters. The molecule has 0 bridgehead atoms. The fraction of sp³-hybridized carbons (Fsp3) is 0.889. The highest BCUT2D eigenvalue weighted by atomic mass is 16.5. The highest BCUT2D eigenvalue weighted by Gasteiger charge is 2.25. The van der Waals surface area contributed by atoms with Gasteiger partial charge in [0.25, 0.3) is 0 Å². The smallest absolute Gasteiger partial charge is 0.169 e. The van der Waals surface area contributed by atoms with Crippen LogP contribution in [0.15, 0.2) is 5.16 Å². The van der Waals surface area contributed by atoms with Gasteiger partial charge in [0.15, 0.2) is 5.84 Å². The Morgan fingerprint density at radius 2 is 2.50 bits per heavy atom. The number of rotatable bonds is 3. The van der Waals surface area contributed by atoms with Crippen molar-refractivity contribution >= 4 is 5.84 Å². The van der Waals surface area contributed by atoms with Crippen molar-refractivity contribution in [2.45, 2.75) is 32.4 Å². The summed E-state index contributed by atoms with van der Waals surface area (Å²) in [6.07, 6.45) is 0.839. The molecular weight excluding hydrogens is 182 g/mol. The highest BCUT2D eigenvalue weighted by Crippen LogP contribution is 2.10. The maximum Gasteiger partial charge on any atom is 0.169 e. The topological polar surface area (TPSA) is 71.1 Å². The van der Waals surface area contributed by atoms with Gasteiger partial charge in [0, 0.05) is 19.1 Å². The molecule has 1 saturated heterocycles. The van der Waals surface area contributed by atoms with Crippen molar-refractivity contribution in [2.75, 3.05) is 19.7 Å². The van der Waals surface area contributed by atoms with E-state index in [1.165, 1.54) is 0 Å². The molecule has 1 heterocycles. The number of nitrogens with zero attached hydrogens (tertiary/aromatic N) is 2. The lowest BCUT2D eigenvalue weighted by Gasteiger charge is -2.35. The maximum absolute atomic E-state index is 8.53. The number of nitrogens with two attached hydrogens (primary N) is 1. The van der Waals surface area contributed by atoms with Crippen LogP contribution in [0.5, 0.6) is 0 Å². The molecule has 5 heteroatoms. The first kappa shape index (κ1) is 11.3. The van der Waals surface area contributed by atoms with Crippen molar-refractivity contribution in [3.8, 4) is 0 Å². The zero-order chi connectivity index (χ0) is 10.6. The average molecular weight is 201 g/mol. The third kappa shape index (κ3) is 2.59. The van der Waals surface area contributed by atoms with Crippen LogP contribution in [0.1, 0.15) is 20.3 Å². The summed E-state index contributed by atoms with van der Waals surface area (Å²) in [5.74, 6) is 0.165. The van der Waals surface area contributed by atoms with Gasteiger partial charge in [-0.2, -0.15) is 0 Å². The minimum atomic E-state index is -0.261. The lowest BCUT2D eigenvalue weighted by molar-refractivity contribution is -0.0107. The second-order valence-electron chi connectivity index (χ2n) is 3.64. The fourth-order valence-corrected chi connectivity index (χ4v) is 1.57. The zero-order valence-electron chi connectivity index (χ0n) is 8.81. The molecule has 0 aromatic carbocycles. The molecule has 0 aromatic rings. The third-order valence-corrected chi connectivity index (χ3v) is 2.76. The normalized spacial score (nSPS) is 27.6. The Bertz CT molecular complexity index is 208. The predicted molar refractivity (Wildman–Crippen MR) is 54.5 cm³/mol. The Kier molecular flexibility index (Phi) is 4.16. The van der Waals surface area contributed by atoms with Crippen LogP contribution in [-0.4, -0.2) is 47.8 Å². The van der Waals surface area contributed by atoms with Gasteiger partial charge in [-0.3, -0.25) is 4.90 Å². The van der Waals surface area contributed by atoms with E-state index in [2.05, 4.69) is 23.9 Å². The summed E-state index contributed by atoms with van der Waals surface area (Å²) in [6, 6.07) is 0.521. The first-order valence-electron chi connectivity index (χ1n) is 5.02. The van der Waals surface area contributed by atoms with Gasteiger partial charge in [-0.15, -0.1) is 0 Å². The van der Waals surface area contributed by atoms with Crippen LogP contribution in [0.25, 0.3) is 0 Å². The molecular formula is C9H19N3O2. The largest absolute Gasteiger partial charge is 0.409 e. The van der Waals surface area contributed by atoms with Crippen molar-refractivity contribution in [3.63, 3.8) is 0 Å². The van der Waals surface area contributed by atoms with Crippen LogP contribution in [0.3, 0.4) is 0 Å². The molecule has 14 heavy (non-hydrogen) atoms. The number of hydrogen-bond acceptors (Lipinski definition) is 4. The number of hydrogen-bond donors (Lipinski definition) is 2. The Labute approximate surface area is 84.5 Å². The molecule has 0 spiro atoms. The van der Waals surface area contributed by atoms with Gasteiger partial charge in [0.05, 0.1) is 6.61 Å². The standard InChI is InChI=1S/C9H19N3O2/c1-3-7(2)12-4-5-14-8(6-12)9(10)11-13/h7-8,13H,3-6H2,1-2H3,(H2,10,11). The lowest BCUT2D eigenvalue weighted by atomic mass is 10.1. The van der Waals surface area contributed by atoms with Gasteiger partial charge in [0.1, 0.15) is 6.10 Å². The minimum absolute atomic E-state index is 0.165. The van der Waals surface area contributed by atoms with Crippen molar-refractivity contribution in [1.29, 1.82) is 0 Å². The van der Waals surface area contributed by atoms with E-state index < -0.39 is 0 Å². The summed E-state index contributed by atoms with van der Waals surface area (Å²) in [4.78, 5) is 2.30. The molecule has 3 N–H and O–H groups in total. The van der Waals surface area contributed by atoms with Crippen LogP contribution < -0.4 is 5.73 Å². The Morgan fingerprint density at radius 1 is 1.79 bits per heavy atom. The molecule has 5 nitrogen and oxygen atoms in total. The molecule has 2 atom stereocenters. The molecule has 0 aromatic heterocycles. The van der Waals surface area contributed by atoms with E-state index >= 15 is 0 Å². The number of ether oxygens (including phenoxy) is 1.